The molecule has 0 fully saturated rings. The van der Waals surface area contributed by atoms with Gasteiger partial charge in [0.2, 0.25) is 6.54 Å². The molecular weight excluding hydrogens is 262 g/mol. The first-order valence-electron chi connectivity index (χ1n) is 5.17. The summed E-state index contributed by atoms with van der Waals surface area (Å²) in [6.07, 6.45) is 0. The minimum atomic E-state index is -2.30. The van der Waals surface area contributed by atoms with E-state index in [0.29, 0.717) is 5.02 Å². The number of nitro groups is 1. The summed E-state index contributed by atoms with van der Waals surface area (Å²) in [7, 11) is 0. The summed E-state index contributed by atoms with van der Waals surface area (Å²) in [5, 5.41) is 21.2. The zero-order valence-corrected chi connectivity index (χ0v) is 10.4. The van der Waals surface area contributed by atoms with E-state index in [1.54, 1.807) is 6.92 Å². The summed E-state index contributed by atoms with van der Waals surface area (Å²) in [4.78, 5) is 21.5. The van der Waals surface area contributed by atoms with Crippen LogP contribution < -0.4 is 0 Å². The van der Waals surface area contributed by atoms with Gasteiger partial charge in [-0.1, -0.05) is 23.7 Å². The van der Waals surface area contributed by atoms with E-state index in [0.717, 1.165) is 0 Å². The van der Waals surface area contributed by atoms with Crippen LogP contribution in [0, 0.1) is 10.1 Å². The third kappa shape index (κ3) is 3.18. The lowest BCUT2D eigenvalue weighted by Crippen LogP contribution is -2.43. The number of esters is 1. The summed E-state index contributed by atoms with van der Waals surface area (Å²) < 4.78 is 4.67. The van der Waals surface area contributed by atoms with Crippen LogP contribution in [0.25, 0.3) is 0 Å². The molecule has 98 valence electrons. The van der Waals surface area contributed by atoms with Gasteiger partial charge in [0, 0.05) is 15.5 Å². The van der Waals surface area contributed by atoms with Crippen LogP contribution in [-0.4, -0.2) is 29.2 Å². The molecule has 1 aromatic carbocycles. The first-order valence-corrected chi connectivity index (χ1v) is 5.55. The van der Waals surface area contributed by atoms with Crippen LogP contribution in [0.1, 0.15) is 12.5 Å². The van der Waals surface area contributed by atoms with Crippen molar-refractivity contribution in [3.05, 3.63) is 45.0 Å². The van der Waals surface area contributed by atoms with Crippen LogP contribution in [0.3, 0.4) is 0 Å². The minimum absolute atomic E-state index is 0.0203. The van der Waals surface area contributed by atoms with E-state index < -0.39 is 23.0 Å². The zero-order chi connectivity index (χ0) is 13.8. The monoisotopic (exact) mass is 273 g/mol. The molecule has 6 nitrogen and oxygen atoms in total. The minimum Gasteiger partial charge on any atom is -0.463 e. The summed E-state index contributed by atoms with van der Waals surface area (Å²) in [5.41, 5.74) is -2.23. The van der Waals surface area contributed by atoms with Crippen LogP contribution in [0.2, 0.25) is 5.02 Å². The topological polar surface area (TPSA) is 89.7 Å². The second-order valence-corrected chi connectivity index (χ2v) is 4.01. The highest BCUT2D eigenvalue weighted by Crippen LogP contribution is 2.25. The maximum Gasteiger partial charge on any atom is 0.349 e. The van der Waals surface area contributed by atoms with Crippen LogP contribution in [0.4, 0.5) is 0 Å². The normalized spacial score (nSPS) is 13.7. The van der Waals surface area contributed by atoms with Crippen molar-refractivity contribution in [2.24, 2.45) is 0 Å². The van der Waals surface area contributed by atoms with Gasteiger partial charge in [-0.05, 0) is 19.1 Å². The molecule has 0 saturated carbocycles. The number of ether oxygens (including phenoxy) is 1. The molecular formula is C11H12ClNO5. The SMILES string of the molecule is CCOC(=O)[C@](O)(C[N+](=O)[O-])c1ccc(Cl)cc1. The predicted molar refractivity (Wildman–Crippen MR) is 63.8 cm³/mol. The molecule has 1 atom stereocenters. The highest BCUT2D eigenvalue weighted by Gasteiger charge is 2.45. The molecule has 0 aliphatic rings. The van der Waals surface area contributed by atoms with Crippen molar-refractivity contribution in [3.63, 3.8) is 0 Å². The van der Waals surface area contributed by atoms with Crippen LogP contribution in [0.5, 0.6) is 0 Å². The quantitative estimate of drug-likeness (QED) is 0.497. The van der Waals surface area contributed by atoms with Gasteiger partial charge in [0.05, 0.1) is 6.61 Å². The number of hydrogen-bond donors (Lipinski definition) is 1. The van der Waals surface area contributed by atoms with Crippen molar-refractivity contribution >= 4 is 17.6 Å². The lowest BCUT2D eigenvalue weighted by atomic mass is 9.94. The Morgan fingerprint density at radius 1 is 1.50 bits per heavy atom. The Balaban J connectivity index is 3.14. The number of benzene rings is 1. The molecule has 0 unspecified atom stereocenters. The maximum absolute atomic E-state index is 11.7. The standard InChI is InChI=1S/C11H12ClNO5/c1-2-18-10(14)11(15,7-13(16)17)8-3-5-9(12)6-4-8/h3-6,15H,2,7H2,1H3/t11-/m0/s1. The van der Waals surface area contributed by atoms with Crippen molar-refractivity contribution in [3.8, 4) is 0 Å². The molecule has 0 heterocycles. The molecule has 0 spiro atoms. The largest absolute Gasteiger partial charge is 0.463 e. The second-order valence-electron chi connectivity index (χ2n) is 3.58. The molecule has 1 rings (SSSR count). The Hall–Kier alpha value is -1.66. The molecule has 18 heavy (non-hydrogen) atoms. The zero-order valence-electron chi connectivity index (χ0n) is 9.63. The van der Waals surface area contributed by atoms with Crippen molar-refractivity contribution < 1.29 is 19.6 Å². The summed E-state index contributed by atoms with van der Waals surface area (Å²) in [5.74, 6) is -1.05. The number of carbonyl (C=O) groups is 1. The van der Waals surface area contributed by atoms with Crippen molar-refractivity contribution in [2.45, 2.75) is 12.5 Å². The Morgan fingerprint density at radius 2 is 2.06 bits per heavy atom. The Bertz CT molecular complexity index is 447. The number of rotatable bonds is 5. The third-order valence-electron chi connectivity index (χ3n) is 2.29. The Kier molecular flexibility index (Phi) is 4.63. The number of aliphatic hydroxyl groups is 1. The van der Waals surface area contributed by atoms with Gasteiger partial charge < -0.3 is 9.84 Å². The fourth-order valence-corrected chi connectivity index (χ4v) is 1.56. The molecule has 0 amide bonds. The first kappa shape index (κ1) is 14.4. The van der Waals surface area contributed by atoms with Crippen molar-refractivity contribution in [1.82, 2.24) is 0 Å². The van der Waals surface area contributed by atoms with Crippen molar-refractivity contribution in [2.75, 3.05) is 13.2 Å². The lowest BCUT2D eigenvalue weighted by Gasteiger charge is -2.22. The molecule has 0 bridgehead atoms. The summed E-state index contributed by atoms with van der Waals surface area (Å²) in [6.45, 7) is 0.603. The number of hydrogen-bond acceptors (Lipinski definition) is 5. The van der Waals surface area contributed by atoms with E-state index in [9.17, 15) is 20.0 Å². The predicted octanol–water partition coefficient (Wildman–Crippen LogP) is 1.37. The second kappa shape index (κ2) is 5.79. The lowest BCUT2D eigenvalue weighted by molar-refractivity contribution is -0.499. The Labute approximate surface area is 108 Å². The number of nitrogens with zero attached hydrogens (tertiary/aromatic N) is 1. The summed E-state index contributed by atoms with van der Waals surface area (Å²) in [6, 6.07) is 5.56. The maximum atomic E-state index is 11.7. The fourth-order valence-electron chi connectivity index (χ4n) is 1.44. The van der Waals surface area contributed by atoms with E-state index in [2.05, 4.69) is 4.74 Å². The highest BCUT2D eigenvalue weighted by molar-refractivity contribution is 6.30. The van der Waals surface area contributed by atoms with Gasteiger partial charge >= 0.3 is 5.97 Å². The smallest absolute Gasteiger partial charge is 0.349 e. The molecule has 0 radical (unpaired) electrons. The van der Waals surface area contributed by atoms with Gasteiger partial charge in [-0.2, -0.15) is 0 Å². The van der Waals surface area contributed by atoms with E-state index in [1.165, 1.54) is 24.3 Å². The fraction of sp³-hybridized carbons (Fsp3) is 0.364. The number of halogens is 1. The molecule has 1 aromatic rings. The average molecular weight is 274 g/mol. The van der Waals surface area contributed by atoms with Crippen LogP contribution >= 0.6 is 11.6 Å². The van der Waals surface area contributed by atoms with E-state index in [4.69, 9.17) is 11.6 Å². The molecule has 1 N–H and O–H groups in total. The molecule has 0 aliphatic carbocycles. The van der Waals surface area contributed by atoms with Gasteiger partial charge in [0.1, 0.15) is 0 Å². The molecule has 7 heteroatoms. The molecule has 0 aromatic heterocycles. The van der Waals surface area contributed by atoms with Gasteiger partial charge in [-0.15, -0.1) is 0 Å². The van der Waals surface area contributed by atoms with Crippen molar-refractivity contribution in [1.29, 1.82) is 0 Å². The van der Waals surface area contributed by atoms with Gasteiger partial charge in [-0.25, -0.2) is 4.79 Å². The number of carbonyl (C=O) groups excluding carboxylic acids is 1. The Morgan fingerprint density at radius 3 is 2.50 bits per heavy atom. The highest BCUT2D eigenvalue weighted by atomic mass is 35.5. The molecule has 0 aliphatic heterocycles. The average Bonchev–Trinajstić information content (AvgIpc) is 2.29. The van der Waals surface area contributed by atoms with Crippen LogP contribution in [-0.2, 0) is 15.1 Å². The third-order valence-corrected chi connectivity index (χ3v) is 2.54. The molecule has 0 saturated heterocycles. The van der Waals surface area contributed by atoms with E-state index in [1.807, 2.05) is 0 Å². The van der Waals surface area contributed by atoms with Gasteiger partial charge in [0.15, 0.2) is 0 Å². The summed E-state index contributed by atoms with van der Waals surface area (Å²) >= 11 is 5.68. The van der Waals surface area contributed by atoms with E-state index in [-0.39, 0.29) is 12.2 Å². The van der Waals surface area contributed by atoms with Gasteiger partial charge in [-0.3, -0.25) is 10.1 Å². The first-order chi connectivity index (χ1) is 8.40. The van der Waals surface area contributed by atoms with Gasteiger partial charge in [0.25, 0.3) is 5.60 Å². The van der Waals surface area contributed by atoms with Crippen LogP contribution in [0.15, 0.2) is 24.3 Å². The van der Waals surface area contributed by atoms with E-state index >= 15 is 0 Å².